The molecule has 2 N–H and O–H groups in total. The Morgan fingerprint density at radius 1 is 1.03 bits per heavy atom. The maximum absolute atomic E-state index is 5.23. The molecule has 3 heterocycles. The van der Waals surface area contributed by atoms with Gasteiger partial charge in [0.1, 0.15) is 17.9 Å². The number of rotatable bonds is 9. The molecular weight excluding hydrogens is 406 g/mol. The highest BCUT2D eigenvalue weighted by atomic mass is 16.5. The van der Waals surface area contributed by atoms with Crippen molar-refractivity contribution in [3.8, 4) is 5.75 Å². The number of aryl methyl sites for hydroxylation is 1. The van der Waals surface area contributed by atoms with Gasteiger partial charge in [0.05, 0.1) is 20.2 Å². The number of aromatic nitrogens is 6. The van der Waals surface area contributed by atoms with E-state index in [1.165, 1.54) is 0 Å². The number of pyridine rings is 1. The lowest BCUT2D eigenvalue weighted by Gasteiger charge is -2.13. The number of aliphatic imine (C=N–C) groups is 1. The Kier molecular flexibility index (Phi) is 6.91. The van der Waals surface area contributed by atoms with E-state index in [-0.39, 0.29) is 0 Å². The molecule has 10 heteroatoms. The summed E-state index contributed by atoms with van der Waals surface area (Å²) in [7, 11) is 1.66. The van der Waals surface area contributed by atoms with E-state index in [1.54, 1.807) is 13.4 Å². The maximum atomic E-state index is 5.23. The minimum Gasteiger partial charge on any atom is -0.497 e. The highest BCUT2D eigenvalue weighted by Crippen LogP contribution is 2.12. The molecular formula is C22H27N9O. The predicted molar refractivity (Wildman–Crippen MR) is 121 cm³/mol. The maximum Gasteiger partial charge on any atom is 0.192 e. The zero-order valence-electron chi connectivity index (χ0n) is 18.3. The summed E-state index contributed by atoms with van der Waals surface area (Å²) in [5, 5.41) is 23.4. The van der Waals surface area contributed by atoms with Crippen molar-refractivity contribution in [2.45, 2.75) is 33.0 Å². The first-order chi connectivity index (χ1) is 15.8. The highest BCUT2D eigenvalue weighted by molar-refractivity contribution is 5.79. The molecule has 4 rings (SSSR count). The van der Waals surface area contributed by atoms with Crippen LogP contribution in [0.25, 0.3) is 5.65 Å². The smallest absolute Gasteiger partial charge is 0.192 e. The summed E-state index contributed by atoms with van der Waals surface area (Å²) in [6.07, 6.45) is 4.55. The van der Waals surface area contributed by atoms with E-state index in [0.29, 0.717) is 25.6 Å². The van der Waals surface area contributed by atoms with Gasteiger partial charge in [-0.1, -0.05) is 25.1 Å². The third kappa shape index (κ3) is 5.20. The first-order valence-corrected chi connectivity index (χ1v) is 10.6. The molecule has 3 aromatic heterocycles. The lowest BCUT2D eigenvalue weighted by molar-refractivity contribution is 0.414. The SMILES string of the molecule is CCc1nncn1CCNC(=NCc1ccc(OC)cc1)NCc1nnc2ccccn12. The summed E-state index contributed by atoms with van der Waals surface area (Å²) >= 11 is 0. The fourth-order valence-corrected chi connectivity index (χ4v) is 3.28. The number of nitrogens with zero attached hydrogens (tertiary/aromatic N) is 7. The Labute approximate surface area is 186 Å². The molecule has 0 aliphatic rings. The van der Waals surface area contributed by atoms with Crippen LogP contribution in [-0.2, 0) is 26.1 Å². The van der Waals surface area contributed by atoms with Crippen LogP contribution in [0.5, 0.6) is 5.75 Å². The number of methoxy groups -OCH3 is 1. The largest absolute Gasteiger partial charge is 0.497 e. The van der Waals surface area contributed by atoms with Crippen molar-refractivity contribution >= 4 is 11.6 Å². The summed E-state index contributed by atoms with van der Waals surface area (Å²) in [4.78, 5) is 4.75. The molecule has 0 aliphatic heterocycles. The minimum atomic E-state index is 0.493. The van der Waals surface area contributed by atoms with Gasteiger partial charge in [0.2, 0.25) is 0 Å². The van der Waals surface area contributed by atoms with Gasteiger partial charge in [0.25, 0.3) is 0 Å². The zero-order valence-corrected chi connectivity index (χ0v) is 18.3. The van der Waals surface area contributed by atoms with Crippen LogP contribution in [0.1, 0.15) is 24.1 Å². The molecule has 0 atom stereocenters. The Morgan fingerprint density at radius 2 is 1.91 bits per heavy atom. The average molecular weight is 434 g/mol. The number of hydrogen-bond acceptors (Lipinski definition) is 6. The summed E-state index contributed by atoms with van der Waals surface area (Å²) in [5.41, 5.74) is 1.90. The van der Waals surface area contributed by atoms with Crippen LogP contribution < -0.4 is 15.4 Å². The van der Waals surface area contributed by atoms with Crippen molar-refractivity contribution in [2.75, 3.05) is 13.7 Å². The predicted octanol–water partition coefficient (Wildman–Crippen LogP) is 1.83. The highest BCUT2D eigenvalue weighted by Gasteiger charge is 2.07. The van der Waals surface area contributed by atoms with Crippen molar-refractivity contribution in [2.24, 2.45) is 4.99 Å². The second-order valence-electron chi connectivity index (χ2n) is 7.13. The Morgan fingerprint density at radius 3 is 2.72 bits per heavy atom. The standard InChI is InChI=1S/C22H27N9O/c1-3-19-27-26-16-30(19)13-11-23-22(24-14-17-7-9-18(32-2)10-8-17)25-15-21-29-28-20-6-4-5-12-31(20)21/h4-10,12,16H,3,11,13-15H2,1-2H3,(H2,23,24,25). The topological polar surface area (TPSA) is 107 Å². The van der Waals surface area contributed by atoms with Crippen LogP contribution in [0.2, 0.25) is 0 Å². The molecule has 0 unspecified atom stereocenters. The van der Waals surface area contributed by atoms with Crippen molar-refractivity contribution < 1.29 is 4.74 Å². The van der Waals surface area contributed by atoms with Crippen LogP contribution >= 0.6 is 0 Å². The molecule has 10 nitrogen and oxygen atoms in total. The van der Waals surface area contributed by atoms with E-state index in [1.807, 2.05) is 57.6 Å². The number of nitrogens with one attached hydrogen (secondary N) is 2. The second-order valence-corrected chi connectivity index (χ2v) is 7.13. The Hall–Kier alpha value is -3.95. The fraction of sp³-hybridized carbons (Fsp3) is 0.318. The van der Waals surface area contributed by atoms with E-state index in [9.17, 15) is 0 Å². The van der Waals surface area contributed by atoms with E-state index >= 15 is 0 Å². The minimum absolute atomic E-state index is 0.493. The first-order valence-electron chi connectivity index (χ1n) is 10.6. The number of ether oxygens (including phenoxy) is 1. The van der Waals surface area contributed by atoms with Gasteiger partial charge in [-0.2, -0.15) is 0 Å². The van der Waals surface area contributed by atoms with E-state index in [4.69, 9.17) is 9.73 Å². The van der Waals surface area contributed by atoms with Crippen molar-refractivity contribution in [3.63, 3.8) is 0 Å². The van der Waals surface area contributed by atoms with Gasteiger partial charge < -0.3 is 19.9 Å². The zero-order chi connectivity index (χ0) is 22.2. The number of guanidine groups is 1. The first kappa shape index (κ1) is 21.3. The number of hydrogen-bond donors (Lipinski definition) is 2. The van der Waals surface area contributed by atoms with Gasteiger partial charge in [0, 0.05) is 25.7 Å². The third-order valence-electron chi connectivity index (χ3n) is 5.03. The molecule has 32 heavy (non-hydrogen) atoms. The van der Waals surface area contributed by atoms with E-state index in [2.05, 4.69) is 38.0 Å². The number of benzene rings is 1. The second kappa shape index (κ2) is 10.4. The summed E-state index contributed by atoms with van der Waals surface area (Å²) in [6, 6.07) is 13.7. The van der Waals surface area contributed by atoms with Gasteiger partial charge in [-0.3, -0.25) is 4.40 Å². The van der Waals surface area contributed by atoms with E-state index < -0.39 is 0 Å². The summed E-state index contributed by atoms with van der Waals surface area (Å²) < 4.78 is 9.23. The molecule has 0 fully saturated rings. The molecule has 0 bridgehead atoms. The summed E-state index contributed by atoms with van der Waals surface area (Å²) in [6.45, 7) is 4.52. The lowest BCUT2D eigenvalue weighted by atomic mass is 10.2. The third-order valence-corrected chi connectivity index (χ3v) is 5.03. The monoisotopic (exact) mass is 433 g/mol. The number of fused-ring (bicyclic) bond motifs is 1. The normalized spacial score (nSPS) is 11.6. The molecule has 0 spiro atoms. The van der Waals surface area contributed by atoms with Gasteiger partial charge in [-0.25, -0.2) is 4.99 Å². The van der Waals surface area contributed by atoms with Crippen molar-refractivity contribution in [1.82, 2.24) is 40.0 Å². The molecule has 0 radical (unpaired) electrons. The van der Waals surface area contributed by atoms with Crippen LogP contribution in [0, 0.1) is 0 Å². The van der Waals surface area contributed by atoms with Crippen molar-refractivity contribution in [1.29, 1.82) is 0 Å². The van der Waals surface area contributed by atoms with Gasteiger partial charge in [-0.15, -0.1) is 20.4 Å². The molecule has 0 aliphatic carbocycles. The Bertz CT molecular complexity index is 1160. The quantitative estimate of drug-likeness (QED) is 0.306. The van der Waals surface area contributed by atoms with Gasteiger partial charge >= 0.3 is 0 Å². The van der Waals surface area contributed by atoms with Crippen LogP contribution in [-0.4, -0.2) is 49.0 Å². The molecule has 0 amide bonds. The average Bonchev–Trinajstić information content (AvgIpc) is 3.47. The van der Waals surface area contributed by atoms with E-state index in [0.717, 1.165) is 41.6 Å². The molecule has 1 aromatic carbocycles. The van der Waals surface area contributed by atoms with Crippen molar-refractivity contribution in [3.05, 3.63) is 72.2 Å². The molecule has 0 saturated carbocycles. The molecule has 4 aromatic rings. The van der Waals surface area contributed by atoms with Crippen LogP contribution in [0.4, 0.5) is 0 Å². The fourth-order valence-electron chi connectivity index (χ4n) is 3.28. The molecule has 0 saturated heterocycles. The Balaban J connectivity index is 1.43. The summed E-state index contributed by atoms with van der Waals surface area (Å²) in [5.74, 6) is 3.30. The lowest BCUT2D eigenvalue weighted by Crippen LogP contribution is -2.39. The van der Waals surface area contributed by atoms with Gasteiger partial charge in [0.15, 0.2) is 17.4 Å². The van der Waals surface area contributed by atoms with Crippen LogP contribution in [0.3, 0.4) is 0 Å². The van der Waals surface area contributed by atoms with Crippen LogP contribution in [0.15, 0.2) is 60.0 Å². The molecule has 166 valence electrons. The van der Waals surface area contributed by atoms with Gasteiger partial charge in [-0.05, 0) is 29.8 Å².